The van der Waals surface area contributed by atoms with Gasteiger partial charge in [0.2, 0.25) is 0 Å². The van der Waals surface area contributed by atoms with Crippen molar-refractivity contribution in [1.82, 2.24) is 9.13 Å². The van der Waals surface area contributed by atoms with E-state index >= 15 is 0 Å². The number of rotatable bonds is 8. The van der Waals surface area contributed by atoms with Gasteiger partial charge in [-0.3, -0.25) is 0 Å². The molecule has 0 heterocycles. The molecule has 0 aliphatic rings. The molecule has 0 unspecified atom stereocenters. The molecule has 2 nitrogen and oxygen atoms in total. The molecule has 0 bridgehead atoms. The van der Waals surface area contributed by atoms with Crippen LogP contribution in [0.15, 0.2) is 0 Å². The van der Waals surface area contributed by atoms with Crippen LogP contribution < -0.4 is 0 Å². The Kier molecular flexibility index (Phi) is 8.81. The minimum atomic E-state index is -0.116. The lowest BCUT2D eigenvalue weighted by molar-refractivity contribution is 0.379. The topological polar surface area (TPSA) is 6.48 Å². The average molecular weight is 202 g/mol. The molecule has 80 valence electrons. The lowest BCUT2D eigenvalue weighted by Gasteiger charge is -2.27. The molecule has 0 N–H and O–H groups in total. The predicted octanol–water partition coefficient (Wildman–Crippen LogP) is 1.45. The molecule has 3 heteroatoms. The van der Waals surface area contributed by atoms with E-state index in [0.717, 1.165) is 0 Å². The van der Waals surface area contributed by atoms with Crippen molar-refractivity contribution < 1.29 is 0 Å². The van der Waals surface area contributed by atoms with Crippen LogP contribution in [-0.2, 0) is 0 Å². The maximum atomic E-state index is 2.65. The number of hydrogen-bond donors (Lipinski definition) is 0. The standard InChI is InChI=1S/C10H26N2Si/c1-5-9-11(7-3)13-12(8-4)10-6-2/h5-10,13H2,1-4H3. The maximum Gasteiger partial charge on any atom is 0.172 e. The van der Waals surface area contributed by atoms with E-state index in [4.69, 9.17) is 0 Å². The Hall–Kier alpha value is 0.137. The second-order valence-corrected chi connectivity index (χ2v) is 5.63. The van der Waals surface area contributed by atoms with Crippen LogP contribution in [0, 0.1) is 0 Å². The summed E-state index contributed by atoms with van der Waals surface area (Å²) in [6, 6.07) is 0. The van der Waals surface area contributed by atoms with Gasteiger partial charge in [-0.2, -0.15) is 0 Å². The first-order valence-corrected chi connectivity index (χ1v) is 6.99. The van der Waals surface area contributed by atoms with Crippen LogP contribution in [0.1, 0.15) is 40.5 Å². The highest BCUT2D eigenvalue weighted by Gasteiger charge is 2.07. The van der Waals surface area contributed by atoms with Gasteiger partial charge in [0, 0.05) is 0 Å². The smallest absolute Gasteiger partial charge is 0.172 e. The zero-order chi connectivity index (χ0) is 10.1. The van der Waals surface area contributed by atoms with Crippen molar-refractivity contribution >= 4 is 9.84 Å². The van der Waals surface area contributed by atoms with E-state index in [1.54, 1.807) is 0 Å². The van der Waals surface area contributed by atoms with Crippen LogP contribution in [0.25, 0.3) is 0 Å². The van der Waals surface area contributed by atoms with Gasteiger partial charge in [-0.1, -0.05) is 27.7 Å². The summed E-state index contributed by atoms with van der Waals surface area (Å²) in [7, 11) is -0.116. The molecule has 0 aliphatic heterocycles. The Morgan fingerprint density at radius 1 is 0.769 bits per heavy atom. The third-order valence-electron chi connectivity index (χ3n) is 2.37. The highest BCUT2D eigenvalue weighted by Crippen LogP contribution is 1.94. The Balaban J connectivity index is 3.73. The van der Waals surface area contributed by atoms with E-state index in [2.05, 4.69) is 36.8 Å². The Labute approximate surface area is 86.3 Å². The zero-order valence-corrected chi connectivity index (χ0v) is 11.3. The van der Waals surface area contributed by atoms with Gasteiger partial charge in [-0.05, 0) is 39.0 Å². The van der Waals surface area contributed by atoms with E-state index in [9.17, 15) is 0 Å². The lowest BCUT2D eigenvalue weighted by Crippen LogP contribution is -2.42. The molecule has 0 aromatic heterocycles. The summed E-state index contributed by atoms with van der Waals surface area (Å²) in [5.41, 5.74) is 0. The Morgan fingerprint density at radius 2 is 1.15 bits per heavy atom. The van der Waals surface area contributed by atoms with Gasteiger partial charge in [0.1, 0.15) is 0 Å². The van der Waals surface area contributed by atoms with Crippen LogP contribution in [0.5, 0.6) is 0 Å². The summed E-state index contributed by atoms with van der Waals surface area (Å²) in [6.45, 7) is 14.2. The van der Waals surface area contributed by atoms with Crippen LogP contribution in [0.3, 0.4) is 0 Å². The third kappa shape index (κ3) is 6.24. The first-order chi connectivity index (χ1) is 6.28. The SMILES string of the molecule is CCCN(CC)[SiH2]N(CC)CCC. The van der Waals surface area contributed by atoms with Crippen LogP contribution in [-0.4, -0.2) is 45.2 Å². The summed E-state index contributed by atoms with van der Waals surface area (Å²) in [6.07, 6.45) is 2.59. The molecule has 0 saturated carbocycles. The van der Waals surface area contributed by atoms with Gasteiger partial charge in [-0.15, -0.1) is 0 Å². The predicted molar refractivity (Wildman–Crippen MR) is 63.6 cm³/mol. The molecule has 0 aliphatic carbocycles. The molecule has 0 radical (unpaired) electrons. The molecule has 0 spiro atoms. The average Bonchev–Trinajstić information content (AvgIpc) is 2.16. The lowest BCUT2D eigenvalue weighted by atomic mass is 10.5. The minimum Gasteiger partial charge on any atom is -0.317 e. The van der Waals surface area contributed by atoms with Gasteiger partial charge in [-0.25, -0.2) is 0 Å². The monoisotopic (exact) mass is 202 g/mol. The summed E-state index contributed by atoms with van der Waals surface area (Å²) in [5, 5.41) is 0. The van der Waals surface area contributed by atoms with Gasteiger partial charge in [0.25, 0.3) is 0 Å². The van der Waals surface area contributed by atoms with E-state index < -0.39 is 0 Å². The van der Waals surface area contributed by atoms with Crippen molar-refractivity contribution in [2.24, 2.45) is 0 Å². The van der Waals surface area contributed by atoms with Crippen molar-refractivity contribution in [3.8, 4) is 0 Å². The minimum absolute atomic E-state index is 0.116. The molecule has 0 amide bonds. The first-order valence-electron chi connectivity index (χ1n) is 5.73. The quantitative estimate of drug-likeness (QED) is 0.550. The van der Waals surface area contributed by atoms with Gasteiger partial charge in [0.15, 0.2) is 9.84 Å². The molecule has 13 heavy (non-hydrogen) atoms. The van der Waals surface area contributed by atoms with Crippen molar-refractivity contribution in [3.63, 3.8) is 0 Å². The molecule has 0 atom stereocenters. The van der Waals surface area contributed by atoms with Crippen LogP contribution in [0.2, 0.25) is 0 Å². The van der Waals surface area contributed by atoms with E-state index in [1.165, 1.54) is 39.0 Å². The molecule has 0 rings (SSSR count). The molecular formula is C10H26N2Si. The zero-order valence-electron chi connectivity index (χ0n) is 9.84. The van der Waals surface area contributed by atoms with Crippen molar-refractivity contribution in [3.05, 3.63) is 0 Å². The molecule has 0 fully saturated rings. The molecule has 0 saturated heterocycles. The summed E-state index contributed by atoms with van der Waals surface area (Å²) in [4.78, 5) is 0. The van der Waals surface area contributed by atoms with Crippen molar-refractivity contribution in [2.45, 2.75) is 40.5 Å². The van der Waals surface area contributed by atoms with Gasteiger partial charge >= 0.3 is 0 Å². The third-order valence-corrected chi connectivity index (χ3v) is 4.70. The van der Waals surface area contributed by atoms with Gasteiger partial charge < -0.3 is 9.13 Å². The fraction of sp³-hybridized carbons (Fsp3) is 1.00. The normalized spacial score (nSPS) is 11.5. The summed E-state index contributed by atoms with van der Waals surface area (Å²) in [5.74, 6) is 0. The van der Waals surface area contributed by atoms with Gasteiger partial charge in [0.05, 0.1) is 0 Å². The summed E-state index contributed by atoms with van der Waals surface area (Å²) >= 11 is 0. The molecule has 0 aromatic rings. The van der Waals surface area contributed by atoms with Crippen molar-refractivity contribution in [2.75, 3.05) is 26.2 Å². The van der Waals surface area contributed by atoms with Crippen molar-refractivity contribution in [1.29, 1.82) is 0 Å². The molecular weight excluding hydrogens is 176 g/mol. The van der Waals surface area contributed by atoms with E-state index in [1.807, 2.05) is 0 Å². The van der Waals surface area contributed by atoms with E-state index in [-0.39, 0.29) is 9.84 Å². The second-order valence-electron chi connectivity index (χ2n) is 3.56. The van der Waals surface area contributed by atoms with Crippen LogP contribution in [0.4, 0.5) is 0 Å². The number of nitrogens with zero attached hydrogens (tertiary/aromatic N) is 2. The first kappa shape index (κ1) is 13.1. The fourth-order valence-corrected chi connectivity index (χ4v) is 3.45. The Bertz CT molecular complexity index is 97.1. The Morgan fingerprint density at radius 3 is 1.38 bits per heavy atom. The largest absolute Gasteiger partial charge is 0.317 e. The maximum absolute atomic E-state index is 2.65. The highest BCUT2D eigenvalue weighted by molar-refractivity contribution is 6.28. The fourth-order valence-electron chi connectivity index (χ4n) is 1.57. The highest BCUT2D eigenvalue weighted by atomic mass is 28.2. The summed E-state index contributed by atoms with van der Waals surface area (Å²) < 4.78 is 5.30. The molecule has 0 aromatic carbocycles. The van der Waals surface area contributed by atoms with Crippen LogP contribution >= 0.6 is 0 Å². The second kappa shape index (κ2) is 8.72. The number of hydrogen-bond acceptors (Lipinski definition) is 2. The van der Waals surface area contributed by atoms with E-state index in [0.29, 0.717) is 0 Å².